The van der Waals surface area contributed by atoms with Crippen LogP contribution in [0.4, 0.5) is 14.9 Å². The molecule has 0 bridgehead atoms. The number of likely N-dealkylation sites (tertiary alicyclic amines) is 1. The number of hydrogen-bond acceptors (Lipinski definition) is 4. The third kappa shape index (κ3) is 7.55. The lowest BCUT2D eigenvalue weighted by Gasteiger charge is -2.40. The molecule has 1 fully saturated rings. The molecule has 6 nitrogen and oxygen atoms in total. The van der Waals surface area contributed by atoms with E-state index in [4.69, 9.17) is 16.3 Å². The van der Waals surface area contributed by atoms with Gasteiger partial charge in [-0.15, -0.1) is 13.2 Å². The van der Waals surface area contributed by atoms with E-state index in [9.17, 15) is 14.0 Å². The van der Waals surface area contributed by atoms with Gasteiger partial charge in [-0.05, 0) is 58.2 Å². The van der Waals surface area contributed by atoms with Crippen molar-refractivity contribution in [3.05, 3.63) is 54.3 Å². The largest absolute Gasteiger partial charge is 0.444 e. The Hall–Kier alpha value is -2.54. The first-order valence-corrected chi connectivity index (χ1v) is 11.1. The molecule has 0 aromatic heterocycles. The molecule has 32 heavy (non-hydrogen) atoms. The number of anilines is 1. The van der Waals surface area contributed by atoms with E-state index < -0.39 is 17.5 Å². The van der Waals surface area contributed by atoms with Gasteiger partial charge in [-0.1, -0.05) is 23.8 Å². The zero-order valence-corrected chi connectivity index (χ0v) is 19.8. The molecular weight excluding hydrogens is 433 g/mol. The highest BCUT2D eigenvalue weighted by atomic mass is 35.5. The molecule has 176 valence electrons. The Bertz CT molecular complexity index is 820. The monoisotopic (exact) mass is 465 g/mol. The lowest BCUT2D eigenvalue weighted by molar-refractivity contribution is -0.134. The van der Waals surface area contributed by atoms with Crippen molar-refractivity contribution in [2.24, 2.45) is 0 Å². The SMILES string of the molecule is C=CC[C@@H](Nc1cc(F)cc(Cl)c1)C(=O)N(CC=C)[C@@H]1CCCN(C(=O)OC(C)(C)C)C1. The molecular formula is C24H33ClFN3O3. The molecule has 0 aliphatic carbocycles. The lowest BCUT2D eigenvalue weighted by atomic mass is 10.0. The van der Waals surface area contributed by atoms with Crippen LogP contribution in [0.15, 0.2) is 43.5 Å². The zero-order valence-electron chi connectivity index (χ0n) is 19.1. The van der Waals surface area contributed by atoms with E-state index in [1.54, 1.807) is 28.0 Å². The molecule has 1 aromatic carbocycles. The number of ether oxygens (including phenoxy) is 1. The molecule has 0 spiro atoms. The van der Waals surface area contributed by atoms with Gasteiger partial charge < -0.3 is 19.9 Å². The van der Waals surface area contributed by atoms with Gasteiger partial charge in [-0.25, -0.2) is 9.18 Å². The van der Waals surface area contributed by atoms with Crippen LogP contribution >= 0.6 is 11.6 Å². The Kier molecular flexibility index (Phi) is 9.13. The smallest absolute Gasteiger partial charge is 0.410 e. The molecule has 2 atom stereocenters. The maximum Gasteiger partial charge on any atom is 0.410 e. The average molecular weight is 466 g/mol. The summed E-state index contributed by atoms with van der Waals surface area (Å²) in [4.78, 5) is 29.4. The molecule has 1 aromatic rings. The number of piperidine rings is 1. The van der Waals surface area contributed by atoms with Crippen LogP contribution in [0.5, 0.6) is 0 Å². The third-order valence-corrected chi connectivity index (χ3v) is 5.22. The first-order valence-electron chi connectivity index (χ1n) is 10.8. The number of rotatable bonds is 8. The summed E-state index contributed by atoms with van der Waals surface area (Å²) in [5, 5.41) is 3.31. The molecule has 1 aliphatic heterocycles. The normalized spacial score (nSPS) is 17.3. The van der Waals surface area contributed by atoms with Crippen molar-refractivity contribution in [1.29, 1.82) is 0 Å². The van der Waals surface area contributed by atoms with Crippen molar-refractivity contribution >= 4 is 29.3 Å². The molecule has 1 heterocycles. The molecule has 1 aliphatic rings. The summed E-state index contributed by atoms with van der Waals surface area (Å²) >= 11 is 5.96. The second kappa shape index (κ2) is 11.4. The summed E-state index contributed by atoms with van der Waals surface area (Å²) < 4.78 is 19.3. The van der Waals surface area contributed by atoms with E-state index in [1.807, 2.05) is 20.8 Å². The highest BCUT2D eigenvalue weighted by Gasteiger charge is 2.34. The molecule has 2 amide bonds. The maximum atomic E-state index is 13.8. The fourth-order valence-corrected chi connectivity index (χ4v) is 3.91. The zero-order chi connectivity index (χ0) is 23.9. The number of halogens is 2. The van der Waals surface area contributed by atoms with E-state index in [1.165, 1.54) is 12.1 Å². The summed E-state index contributed by atoms with van der Waals surface area (Å²) in [6.07, 6.45) is 4.76. The highest BCUT2D eigenvalue weighted by Crippen LogP contribution is 2.23. The molecule has 0 radical (unpaired) electrons. The minimum Gasteiger partial charge on any atom is -0.444 e. The summed E-state index contributed by atoms with van der Waals surface area (Å²) in [7, 11) is 0. The van der Waals surface area contributed by atoms with Crippen molar-refractivity contribution in [3.63, 3.8) is 0 Å². The molecule has 2 rings (SSSR count). The van der Waals surface area contributed by atoms with Gasteiger partial charge in [0.1, 0.15) is 17.5 Å². The Morgan fingerprint density at radius 1 is 1.34 bits per heavy atom. The molecule has 0 unspecified atom stereocenters. The van der Waals surface area contributed by atoms with Gasteiger partial charge in [0.05, 0.1) is 0 Å². The molecule has 1 N–H and O–H groups in total. The van der Waals surface area contributed by atoms with E-state index in [0.717, 1.165) is 12.8 Å². The maximum absolute atomic E-state index is 13.8. The Balaban J connectivity index is 2.19. The van der Waals surface area contributed by atoms with Crippen LogP contribution < -0.4 is 5.32 Å². The van der Waals surface area contributed by atoms with Crippen molar-refractivity contribution in [2.75, 3.05) is 25.0 Å². The van der Waals surface area contributed by atoms with Crippen LogP contribution in [-0.2, 0) is 9.53 Å². The van der Waals surface area contributed by atoms with E-state index >= 15 is 0 Å². The highest BCUT2D eigenvalue weighted by molar-refractivity contribution is 6.30. The lowest BCUT2D eigenvalue weighted by Crippen LogP contribution is -2.55. The van der Waals surface area contributed by atoms with Crippen molar-refractivity contribution in [2.45, 2.75) is 57.7 Å². The van der Waals surface area contributed by atoms with Gasteiger partial charge in [0.15, 0.2) is 0 Å². The average Bonchev–Trinajstić information content (AvgIpc) is 2.69. The summed E-state index contributed by atoms with van der Waals surface area (Å²) in [6, 6.07) is 3.21. The van der Waals surface area contributed by atoms with Gasteiger partial charge in [-0.2, -0.15) is 0 Å². The number of carbonyl (C=O) groups excluding carboxylic acids is 2. The van der Waals surface area contributed by atoms with E-state index in [2.05, 4.69) is 18.5 Å². The Morgan fingerprint density at radius 2 is 2.06 bits per heavy atom. The van der Waals surface area contributed by atoms with Crippen molar-refractivity contribution < 1.29 is 18.7 Å². The van der Waals surface area contributed by atoms with E-state index in [0.29, 0.717) is 31.7 Å². The van der Waals surface area contributed by atoms with Crippen LogP contribution in [0.3, 0.4) is 0 Å². The van der Waals surface area contributed by atoms with Crippen LogP contribution in [0.2, 0.25) is 5.02 Å². The number of nitrogens with one attached hydrogen (secondary N) is 1. The third-order valence-electron chi connectivity index (χ3n) is 5.00. The van der Waals surface area contributed by atoms with Gasteiger partial charge in [0.2, 0.25) is 5.91 Å². The van der Waals surface area contributed by atoms with Crippen molar-refractivity contribution in [1.82, 2.24) is 9.80 Å². The van der Waals surface area contributed by atoms with Crippen molar-refractivity contribution in [3.8, 4) is 0 Å². The second-order valence-corrected chi connectivity index (χ2v) is 9.32. The fourth-order valence-electron chi connectivity index (χ4n) is 3.69. The number of carbonyl (C=O) groups is 2. The predicted molar refractivity (Wildman–Crippen MR) is 126 cm³/mol. The second-order valence-electron chi connectivity index (χ2n) is 8.88. The number of hydrogen-bond donors (Lipinski definition) is 1. The van der Waals surface area contributed by atoms with Crippen LogP contribution in [0.1, 0.15) is 40.0 Å². The Labute approximate surface area is 195 Å². The topological polar surface area (TPSA) is 61.9 Å². The minimum atomic E-state index is -0.665. The first kappa shape index (κ1) is 25.7. The molecule has 1 saturated heterocycles. The predicted octanol–water partition coefficient (Wildman–Crippen LogP) is 5.25. The van der Waals surface area contributed by atoms with Crippen LogP contribution in [0.25, 0.3) is 0 Å². The molecule has 0 saturated carbocycles. The van der Waals surface area contributed by atoms with Crippen LogP contribution in [0, 0.1) is 5.82 Å². The number of amides is 2. The first-order chi connectivity index (χ1) is 15.0. The van der Waals surface area contributed by atoms with Gasteiger partial charge in [0, 0.05) is 36.4 Å². The van der Waals surface area contributed by atoms with Gasteiger partial charge in [-0.3, -0.25) is 4.79 Å². The summed E-state index contributed by atoms with van der Waals surface area (Å²) in [6.45, 7) is 14.3. The van der Waals surface area contributed by atoms with Crippen LogP contribution in [-0.4, -0.2) is 59.1 Å². The summed E-state index contributed by atoms with van der Waals surface area (Å²) in [5.41, 5.74) is -0.181. The molecule has 8 heteroatoms. The standard InChI is InChI=1S/C24H33ClFN3O3/c1-6-9-21(27-19-14-17(25)13-18(26)15-19)22(30)29(11-7-2)20-10-8-12-28(16-20)23(31)32-24(3,4)5/h6-7,13-15,20-21,27H,1-2,8-12,16H2,3-5H3/t20-,21-/m1/s1. The summed E-state index contributed by atoms with van der Waals surface area (Å²) in [5.74, 6) is -0.672. The number of benzene rings is 1. The van der Waals surface area contributed by atoms with E-state index in [-0.39, 0.29) is 23.1 Å². The quantitative estimate of drug-likeness (QED) is 0.532. The Morgan fingerprint density at radius 3 is 2.66 bits per heavy atom. The fraction of sp³-hybridized carbons (Fsp3) is 0.500. The van der Waals surface area contributed by atoms with Gasteiger partial charge in [0.25, 0.3) is 0 Å². The minimum absolute atomic E-state index is 0.179. The number of nitrogens with zero attached hydrogens (tertiary/aromatic N) is 2. The van der Waals surface area contributed by atoms with Gasteiger partial charge >= 0.3 is 6.09 Å².